The number of benzene rings is 1. The zero-order valence-corrected chi connectivity index (χ0v) is 10.6. The third-order valence-corrected chi connectivity index (χ3v) is 2.77. The van der Waals surface area contributed by atoms with E-state index in [1.807, 2.05) is 6.92 Å². The maximum Gasteiger partial charge on any atom is 0.146 e. The van der Waals surface area contributed by atoms with Crippen LogP contribution in [0.1, 0.15) is 18.3 Å². The van der Waals surface area contributed by atoms with Crippen molar-refractivity contribution in [3.05, 3.63) is 40.9 Å². The first-order valence-corrected chi connectivity index (χ1v) is 5.92. The molecular weight excluding hydrogens is 250 g/mol. The molecule has 0 aliphatic carbocycles. The average Bonchev–Trinajstić information content (AvgIpc) is 2.84. The van der Waals surface area contributed by atoms with E-state index in [4.69, 9.17) is 16.9 Å². The van der Waals surface area contributed by atoms with Gasteiger partial charge in [-0.05, 0) is 25.1 Å². The van der Waals surface area contributed by atoms with Crippen LogP contribution in [0, 0.1) is 11.3 Å². The van der Waals surface area contributed by atoms with Crippen molar-refractivity contribution >= 4 is 17.3 Å². The second-order valence-electron chi connectivity index (χ2n) is 3.65. The molecule has 92 valence electrons. The van der Waals surface area contributed by atoms with Crippen molar-refractivity contribution in [2.45, 2.75) is 20.0 Å². The van der Waals surface area contributed by atoms with Crippen LogP contribution in [0.5, 0.6) is 0 Å². The van der Waals surface area contributed by atoms with Gasteiger partial charge in [0.1, 0.15) is 18.2 Å². The lowest BCUT2D eigenvalue weighted by molar-refractivity contribution is 0.622. The monoisotopic (exact) mass is 261 g/mol. The van der Waals surface area contributed by atoms with Gasteiger partial charge < -0.3 is 5.32 Å². The molecule has 0 unspecified atom stereocenters. The molecule has 0 saturated heterocycles. The van der Waals surface area contributed by atoms with Gasteiger partial charge in [0.05, 0.1) is 17.8 Å². The fraction of sp³-hybridized carbons (Fsp3) is 0.250. The minimum absolute atomic E-state index is 0.503. The first-order chi connectivity index (χ1) is 8.74. The van der Waals surface area contributed by atoms with E-state index in [0.717, 1.165) is 12.4 Å². The Kier molecular flexibility index (Phi) is 3.80. The molecule has 0 aliphatic heterocycles. The predicted octanol–water partition coefficient (Wildman–Crippen LogP) is 2.44. The highest BCUT2D eigenvalue weighted by Gasteiger charge is 2.06. The Bertz CT molecular complexity index is 584. The van der Waals surface area contributed by atoms with Gasteiger partial charge in [-0.3, -0.25) is 0 Å². The van der Waals surface area contributed by atoms with E-state index < -0.39 is 0 Å². The first kappa shape index (κ1) is 12.4. The van der Waals surface area contributed by atoms with Crippen molar-refractivity contribution in [3.8, 4) is 6.07 Å². The Labute approximate surface area is 110 Å². The molecule has 0 fully saturated rings. The number of rotatable bonds is 4. The van der Waals surface area contributed by atoms with E-state index >= 15 is 0 Å². The van der Waals surface area contributed by atoms with Crippen LogP contribution in [-0.4, -0.2) is 14.8 Å². The molecular formula is C12H12ClN5. The summed E-state index contributed by atoms with van der Waals surface area (Å²) in [5.41, 5.74) is 1.26. The molecule has 5 nitrogen and oxygen atoms in total. The van der Waals surface area contributed by atoms with Crippen LogP contribution in [0.3, 0.4) is 0 Å². The average molecular weight is 262 g/mol. The summed E-state index contributed by atoms with van der Waals surface area (Å²) < 4.78 is 1.80. The van der Waals surface area contributed by atoms with Gasteiger partial charge >= 0.3 is 0 Å². The molecule has 0 amide bonds. The van der Waals surface area contributed by atoms with Crippen molar-refractivity contribution in [2.24, 2.45) is 0 Å². The van der Waals surface area contributed by atoms with Gasteiger partial charge in [-0.2, -0.15) is 10.4 Å². The first-order valence-electron chi connectivity index (χ1n) is 5.54. The van der Waals surface area contributed by atoms with Gasteiger partial charge in [0.15, 0.2) is 0 Å². The molecule has 1 N–H and O–H groups in total. The smallest absolute Gasteiger partial charge is 0.146 e. The van der Waals surface area contributed by atoms with Gasteiger partial charge in [-0.15, -0.1) is 0 Å². The highest BCUT2D eigenvalue weighted by molar-refractivity contribution is 6.30. The van der Waals surface area contributed by atoms with Crippen molar-refractivity contribution in [1.82, 2.24) is 14.8 Å². The number of hydrogen-bond acceptors (Lipinski definition) is 4. The molecule has 1 aromatic carbocycles. The molecule has 1 aromatic heterocycles. The molecule has 0 atom stereocenters. The van der Waals surface area contributed by atoms with E-state index in [2.05, 4.69) is 21.5 Å². The van der Waals surface area contributed by atoms with Crippen LogP contribution in [-0.2, 0) is 13.1 Å². The normalized spacial score (nSPS) is 10.1. The van der Waals surface area contributed by atoms with Gasteiger partial charge in [-0.25, -0.2) is 9.67 Å². The summed E-state index contributed by atoms with van der Waals surface area (Å²) >= 11 is 5.91. The number of aryl methyl sites for hydroxylation is 1. The Morgan fingerprint density at radius 1 is 1.50 bits per heavy atom. The highest BCUT2D eigenvalue weighted by Crippen LogP contribution is 2.20. The standard InChI is InChI=1S/C12H12ClN5/c1-2-18-12(16-8-17-18)7-15-11-5-10(13)4-3-9(11)6-14/h3-5,8,15H,2,7H2,1H3. The Morgan fingerprint density at radius 2 is 2.33 bits per heavy atom. The summed E-state index contributed by atoms with van der Waals surface area (Å²) in [5, 5.41) is 16.8. The Morgan fingerprint density at radius 3 is 3.06 bits per heavy atom. The largest absolute Gasteiger partial charge is 0.377 e. The third kappa shape index (κ3) is 2.60. The van der Waals surface area contributed by atoms with Crippen LogP contribution < -0.4 is 5.32 Å². The summed E-state index contributed by atoms with van der Waals surface area (Å²) in [6.07, 6.45) is 1.52. The molecule has 0 bridgehead atoms. The predicted molar refractivity (Wildman–Crippen MR) is 69.2 cm³/mol. The lowest BCUT2D eigenvalue weighted by Gasteiger charge is -2.08. The van der Waals surface area contributed by atoms with E-state index in [1.54, 1.807) is 22.9 Å². The highest BCUT2D eigenvalue weighted by atomic mass is 35.5. The number of nitrogens with one attached hydrogen (secondary N) is 1. The SMILES string of the molecule is CCn1ncnc1CNc1cc(Cl)ccc1C#N. The quantitative estimate of drug-likeness (QED) is 0.918. The number of anilines is 1. The molecule has 0 saturated carbocycles. The van der Waals surface area contributed by atoms with Crippen LogP contribution in [0.25, 0.3) is 0 Å². The van der Waals surface area contributed by atoms with E-state index in [0.29, 0.717) is 22.8 Å². The third-order valence-electron chi connectivity index (χ3n) is 2.53. The summed E-state index contributed by atoms with van der Waals surface area (Å²) in [6.45, 7) is 3.26. The molecule has 0 aliphatic rings. The summed E-state index contributed by atoms with van der Waals surface area (Å²) in [7, 11) is 0. The molecule has 0 radical (unpaired) electrons. The number of nitriles is 1. The minimum Gasteiger partial charge on any atom is -0.377 e. The molecule has 0 spiro atoms. The Hall–Kier alpha value is -2.06. The van der Waals surface area contributed by atoms with Crippen molar-refractivity contribution in [2.75, 3.05) is 5.32 Å². The molecule has 6 heteroatoms. The van der Waals surface area contributed by atoms with E-state index in [9.17, 15) is 0 Å². The van der Waals surface area contributed by atoms with Crippen molar-refractivity contribution in [1.29, 1.82) is 5.26 Å². The number of aromatic nitrogens is 3. The second kappa shape index (κ2) is 5.52. The second-order valence-corrected chi connectivity index (χ2v) is 4.08. The maximum atomic E-state index is 9.00. The summed E-state index contributed by atoms with van der Waals surface area (Å²) in [4.78, 5) is 4.15. The Balaban J connectivity index is 2.15. The van der Waals surface area contributed by atoms with Gasteiger partial charge in [0.2, 0.25) is 0 Å². The molecule has 1 heterocycles. The molecule has 2 aromatic rings. The zero-order chi connectivity index (χ0) is 13.0. The minimum atomic E-state index is 0.503. The lowest BCUT2D eigenvalue weighted by atomic mass is 10.2. The number of hydrogen-bond donors (Lipinski definition) is 1. The van der Waals surface area contributed by atoms with E-state index in [-0.39, 0.29) is 0 Å². The van der Waals surface area contributed by atoms with Gasteiger partial charge in [0, 0.05) is 11.6 Å². The molecule has 2 rings (SSSR count). The van der Waals surface area contributed by atoms with Crippen molar-refractivity contribution in [3.63, 3.8) is 0 Å². The fourth-order valence-corrected chi connectivity index (χ4v) is 1.80. The number of halogens is 1. The fourth-order valence-electron chi connectivity index (χ4n) is 1.62. The maximum absolute atomic E-state index is 9.00. The summed E-state index contributed by atoms with van der Waals surface area (Å²) in [6, 6.07) is 7.23. The van der Waals surface area contributed by atoms with Crippen LogP contribution in [0.4, 0.5) is 5.69 Å². The zero-order valence-electron chi connectivity index (χ0n) is 9.89. The van der Waals surface area contributed by atoms with Gasteiger partial charge in [0.25, 0.3) is 0 Å². The van der Waals surface area contributed by atoms with Crippen LogP contribution in [0.15, 0.2) is 24.5 Å². The summed E-state index contributed by atoms with van der Waals surface area (Å²) in [5.74, 6) is 0.821. The van der Waals surface area contributed by atoms with Crippen molar-refractivity contribution < 1.29 is 0 Å². The van der Waals surface area contributed by atoms with Crippen LogP contribution >= 0.6 is 11.6 Å². The molecule has 18 heavy (non-hydrogen) atoms. The van der Waals surface area contributed by atoms with E-state index in [1.165, 1.54) is 6.33 Å². The topological polar surface area (TPSA) is 66.5 Å². The lowest BCUT2D eigenvalue weighted by Crippen LogP contribution is -2.09. The van der Waals surface area contributed by atoms with Crippen LogP contribution in [0.2, 0.25) is 5.02 Å². The number of nitrogens with zero attached hydrogens (tertiary/aromatic N) is 4. The van der Waals surface area contributed by atoms with Gasteiger partial charge in [-0.1, -0.05) is 11.6 Å².